The molecule has 0 heterocycles. The molecule has 0 amide bonds. The van der Waals surface area contributed by atoms with Gasteiger partial charge in [-0.2, -0.15) is 0 Å². The zero-order valence-corrected chi connectivity index (χ0v) is 12.4. The minimum Gasteiger partial charge on any atom is -0.317 e. The van der Waals surface area contributed by atoms with Crippen molar-refractivity contribution in [1.82, 2.24) is 5.32 Å². The first-order valence-corrected chi connectivity index (χ1v) is 7.56. The lowest BCUT2D eigenvalue weighted by Crippen LogP contribution is -2.39. The number of benzene rings is 1. The van der Waals surface area contributed by atoms with Gasteiger partial charge in [0.15, 0.2) is 0 Å². The molecule has 19 heavy (non-hydrogen) atoms. The number of halogens is 1. The average molecular weight is 263 g/mol. The van der Waals surface area contributed by atoms with Crippen LogP contribution in [-0.2, 0) is 6.42 Å². The molecule has 1 aromatic rings. The Balaban J connectivity index is 2.11. The van der Waals surface area contributed by atoms with E-state index in [0.29, 0.717) is 12.0 Å². The van der Waals surface area contributed by atoms with E-state index in [4.69, 9.17) is 0 Å². The van der Waals surface area contributed by atoms with Crippen molar-refractivity contribution in [1.29, 1.82) is 0 Å². The summed E-state index contributed by atoms with van der Waals surface area (Å²) in [4.78, 5) is 0. The maximum Gasteiger partial charge on any atom is 0.123 e. The van der Waals surface area contributed by atoms with Crippen molar-refractivity contribution < 1.29 is 4.39 Å². The molecule has 1 aromatic carbocycles. The maximum absolute atomic E-state index is 13.4. The lowest BCUT2D eigenvalue weighted by molar-refractivity contribution is 0.205. The van der Waals surface area contributed by atoms with Gasteiger partial charge in [-0.3, -0.25) is 0 Å². The highest BCUT2D eigenvalue weighted by molar-refractivity contribution is 5.27. The molecule has 2 rings (SSSR count). The van der Waals surface area contributed by atoms with Gasteiger partial charge in [-0.15, -0.1) is 0 Å². The first-order valence-electron chi connectivity index (χ1n) is 7.56. The Hall–Kier alpha value is -0.890. The second-order valence-corrected chi connectivity index (χ2v) is 6.02. The monoisotopic (exact) mass is 263 g/mol. The second-order valence-electron chi connectivity index (χ2n) is 6.02. The van der Waals surface area contributed by atoms with Gasteiger partial charge in [0, 0.05) is 6.04 Å². The minimum atomic E-state index is -0.107. The zero-order chi connectivity index (χ0) is 13.8. The molecule has 0 saturated heterocycles. The normalized spacial score (nSPS) is 27.5. The standard InChI is InChI=1S/C17H26FN/c1-4-13-6-8-17(19-3)15(9-13)10-14-11-16(18)7-5-12(14)2/h5,7,11,13,15,17,19H,4,6,8-10H2,1-3H3. The van der Waals surface area contributed by atoms with Crippen LogP contribution >= 0.6 is 0 Å². The topological polar surface area (TPSA) is 12.0 Å². The third-order valence-electron chi connectivity index (χ3n) is 4.83. The van der Waals surface area contributed by atoms with Crippen LogP contribution in [-0.4, -0.2) is 13.1 Å². The summed E-state index contributed by atoms with van der Waals surface area (Å²) in [5, 5.41) is 3.46. The Labute approximate surface area is 116 Å². The fraction of sp³-hybridized carbons (Fsp3) is 0.647. The van der Waals surface area contributed by atoms with Gasteiger partial charge in [-0.05, 0) is 74.8 Å². The van der Waals surface area contributed by atoms with E-state index in [1.807, 2.05) is 6.07 Å². The first-order chi connectivity index (χ1) is 9.13. The van der Waals surface area contributed by atoms with Crippen molar-refractivity contribution in [3.63, 3.8) is 0 Å². The lowest BCUT2D eigenvalue weighted by Gasteiger charge is -2.36. The van der Waals surface area contributed by atoms with Crippen molar-refractivity contribution >= 4 is 0 Å². The van der Waals surface area contributed by atoms with E-state index in [0.717, 1.165) is 12.3 Å². The largest absolute Gasteiger partial charge is 0.317 e. The van der Waals surface area contributed by atoms with E-state index in [1.165, 1.54) is 36.8 Å². The van der Waals surface area contributed by atoms with E-state index in [-0.39, 0.29) is 5.82 Å². The Kier molecular flexibility index (Phi) is 4.98. The molecule has 0 bridgehead atoms. The molecule has 1 fully saturated rings. The lowest BCUT2D eigenvalue weighted by atomic mass is 9.74. The van der Waals surface area contributed by atoms with Crippen LogP contribution in [0.25, 0.3) is 0 Å². The number of nitrogens with one attached hydrogen (secondary N) is 1. The van der Waals surface area contributed by atoms with E-state index in [1.54, 1.807) is 12.1 Å². The van der Waals surface area contributed by atoms with Gasteiger partial charge in [0.05, 0.1) is 0 Å². The van der Waals surface area contributed by atoms with Gasteiger partial charge in [0.2, 0.25) is 0 Å². The zero-order valence-electron chi connectivity index (χ0n) is 12.4. The molecule has 0 spiro atoms. The van der Waals surface area contributed by atoms with Crippen LogP contribution in [0, 0.1) is 24.6 Å². The summed E-state index contributed by atoms with van der Waals surface area (Å²) < 4.78 is 13.4. The summed E-state index contributed by atoms with van der Waals surface area (Å²) in [7, 11) is 2.06. The molecule has 3 unspecified atom stereocenters. The fourth-order valence-electron chi connectivity index (χ4n) is 3.48. The van der Waals surface area contributed by atoms with Crippen LogP contribution in [0.15, 0.2) is 18.2 Å². The molecular formula is C17H26FN. The van der Waals surface area contributed by atoms with Crippen molar-refractivity contribution in [2.45, 2.75) is 52.0 Å². The minimum absolute atomic E-state index is 0.107. The van der Waals surface area contributed by atoms with Gasteiger partial charge in [0.1, 0.15) is 5.82 Å². The molecule has 1 aliphatic rings. The van der Waals surface area contributed by atoms with Crippen LogP contribution in [0.1, 0.15) is 43.7 Å². The van der Waals surface area contributed by atoms with Crippen LogP contribution in [0.4, 0.5) is 4.39 Å². The van der Waals surface area contributed by atoms with Gasteiger partial charge in [-0.1, -0.05) is 19.4 Å². The molecule has 0 aliphatic heterocycles. The van der Waals surface area contributed by atoms with Crippen LogP contribution < -0.4 is 5.32 Å². The molecular weight excluding hydrogens is 237 g/mol. The van der Waals surface area contributed by atoms with Gasteiger partial charge in [-0.25, -0.2) is 4.39 Å². The van der Waals surface area contributed by atoms with Crippen molar-refractivity contribution in [3.05, 3.63) is 35.1 Å². The smallest absolute Gasteiger partial charge is 0.123 e. The van der Waals surface area contributed by atoms with Crippen molar-refractivity contribution in [3.8, 4) is 0 Å². The third-order valence-corrected chi connectivity index (χ3v) is 4.83. The van der Waals surface area contributed by atoms with Crippen LogP contribution in [0.2, 0.25) is 0 Å². The van der Waals surface area contributed by atoms with Crippen molar-refractivity contribution in [2.75, 3.05) is 7.05 Å². The predicted octanol–water partition coefficient (Wildman–Crippen LogP) is 4.09. The molecule has 3 atom stereocenters. The van der Waals surface area contributed by atoms with E-state index >= 15 is 0 Å². The molecule has 2 heteroatoms. The first kappa shape index (κ1) is 14.5. The second kappa shape index (κ2) is 6.51. The molecule has 0 aromatic heterocycles. The van der Waals surface area contributed by atoms with Gasteiger partial charge >= 0.3 is 0 Å². The molecule has 1 N–H and O–H groups in total. The molecule has 106 valence electrons. The molecule has 0 radical (unpaired) electrons. The summed E-state index contributed by atoms with van der Waals surface area (Å²) in [6.07, 6.45) is 6.15. The Bertz CT molecular complexity index is 416. The van der Waals surface area contributed by atoms with Gasteiger partial charge < -0.3 is 5.32 Å². The maximum atomic E-state index is 13.4. The number of hydrogen-bond acceptors (Lipinski definition) is 1. The van der Waals surface area contributed by atoms with Gasteiger partial charge in [0.25, 0.3) is 0 Å². The summed E-state index contributed by atoms with van der Waals surface area (Å²) in [5.74, 6) is 1.39. The Morgan fingerprint density at radius 2 is 2.11 bits per heavy atom. The molecule has 1 saturated carbocycles. The Morgan fingerprint density at radius 3 is 2.79 bits per heavy atom. The SMILES string of the molecule is CCC1CCC(NC)C(Cc2cc(F)ccc2C)C1. The number of hydrogen-bond donors (Lipinski definition) is 1. The Morgan fingerprint density at radius 1 is 1.32 bits per heavy atom. The summed E-state index contributed by atoms with van der Waals surface area (Å²) in [5.41, 5.74) is 2.40. The van der Waals surface area contributed by atoms with Crippen LogP contribution in [0.5, 0.6) is 0 Å². The summed E-state index contributed by atoms with van der Waals surface area (Å²) >= 11 is 0. The number of aryl methyl sites for hydroxylation is 1. The summed E-state index contributed by atoms with van der Waals surface area (Å²) in [6.45, 7) is 4.37. The quantitative estimate of drug-likeness (QED) is 0.862. The number of rotatable bonds is 4. The highest BCUT2D eigenvalue weighted by Gasteiger charge is 2.29. The molecule has 1 aliphatic carbocycles. The predicted molar refractivity (Wildman–Crippen MR) is 78.8 cm³/mol. The highest BCUT2D eigenvalue weighted by Crippen LogP contribution is 2.33. The van der Waals surface area contributed by atoms with E-state index in [9.17, 15) is 4.39 Å². The van der Waals surface area contributed by atoms with Crippen molar-refractivity contribution in [2.24, 2.45) is 11.8 Å². The van der Waals surface area contributed by atoms with E-state index in [2.05, 4.69) is 26.2 Å². The third kappa shape index (κ3) is 3.56. The van der Waals surface area contributed by atoms with E-state index < -0.39 is 0 Å². The fourth-order valence-corrected chi connectivity index (χ4v) is 3.48. The average Bonchev–Trinajstić information content (AvgIpc) is 2.42. The summed E-state index contributed by atoms with van der Waals surface area (Å²) in [6, 6.07) is 5.77. The highest BCUT2D eigenvalue weighted by atomic mass is 19.1. The van der Waals surface area contributed by atoms with Crippen LogP contribution in [0.3, 0.4) is 0 Å². The molecule has 1 nitrogen and oxygen atoms in total.